The Labute approximate surface area is 148 Å². The summed E-state index contributed by atoms with van der Waals surface area (Å²) in [6.45, 7) is 1.74. The number of nitrogens with zero attached hydrogens (tertiary/aromatic N) is 1. The van der Waals surface area contributed by atoms with Crippen LogP contribution in [0.25, 0.3) is 0 Å². The number of aliphatic imine (C=N–C) groups is 1. The molecule has 0 spiro atoms. The summed E-state index contributed by atoms with van der Waals surface area (Å²) in [6.07, 6.45) is -4.47. The van der Waals surface area contributed by atoms with Crippen LogP contribution in [0.2, 0.25) is 5.02 Å². The number of hydrogen-bond donors (Lipinski definition) is 1. The third kappa shape index (κ3) is 2.93. The van der Waals surface area contributed by atoms with Crippen molar-refractivity contribution in [2.24, 2.45) is 4.99 Å². The van der Waals surface area contributed by atoms with Crippen molar-refractivity contribution in [3.05, 3.63) is 56.5 Å². The van der Waals surface area contributed by atoms with Gasteiger partial charge in [0.15, 0.2) is 0 Å². The third-order valence-corrected chi connectivity index (χ3v) is 4.92. The standard InChI is InChI=1S/C16H9BrClF3N2O/c1-7-12(18)11(17)6-10-13(7)23-15(24)14(10)22-9-4-2-3-8(5-9)16(19,20)21/h2-6H,1H3,(H,22,23,24). The first kappa shape index (κ1) is 17.0. The van der Waals surface area contributed by atoms with E-state index in [0.717, 1.165) is 12.1 Å². The fourth-order valence-electron chi connectivity index (χ4n) is 2.39. The molecule has 3 rings (SSSR count). The number of anilines is 1. The molecular weight excluding hydrogens is 409 g/mol. The molecule has 0 radical (unpaired) electrons. The van der Waals surface area contributed by atoms with Crippen molar-refractivity contribution in [2.75, 3.05) is 5.32 Å². The van der Waals surface area contributed by atoms with Crippen LogP contribution in [-0.4, -0.2) is 11.6 Å². The summed E-state index contributed by atoms with van der Waals surface area (Å²) in [6, 6.07) is 6.13. The molecule has 3 nitrogen and oxygen atoms in total. The highest BCUT2D eigenvalue weighted by atomic mass is 79.9. The predicted octanol–water partition coefficient (Wildman–Crippen LogP) is 5.50. The SMILES string of the molecule is Cc1c(Cl)c(Br)cc2c1NC(=O)C2=Nc1cccc(C(F)(F)F)c1. The minimum atomic E-state index is -4.47. The van der Waals surface area contributed by atoms with Gasteiger partial charge in [0.25, 0.3) is 5.91 Å². The van der Waals surface area contributed by atoms with Gasteiger partial charge in [-0.3, -0.25) is 4.79 Å². The summed E-state index contributed by atoms with van der Waals surface area (Å²) in [7, 11) is 0. The van der Waals surface area contributed by atoms with E-state index in [1.165, 1.54) is 12.1 Å². The van der Waals surface area contributed by atoms with Crippen LogP contribution in [0.5, 0.6) is 0 Å². The average Bonchev–Trinajstić information content (AvgIpc) is 2.81. The molecule has 24 heavy (non-hydrogen) atoms. The number of benzene rings is 2. The lowest BCUT2D eigenvalue weighted by atomic mass is 10.1. The van der Waals surface area contributed by atoms with E-state index >= 15 is 0 Å². The first-order chi connectivity index (χ1) is 11.2. The van der Waals surface area contributed by atoms with Gasteiger partial charge in [-0.05, 0) is 52.7 Å². The smallest absolute Gasteiger partial charge is 0.320 e. The Balaban J connectivity index is 2.12. The van der Waals surface area contributed by atoms with Crippen LogP contribution in [0.3, 0.4) is 0 Å². The second-order valence-corrected chi connectivity index (χ2v) is 6.41. The maximum Gasteiger partial charge on any atom is 0.416 e. The summed E-state index contributed by atoms with van der Waals surface area (Å²) in [5.41, 5.74) is 0.932. The Morgan fingerprint density at radius 2 is 1.96 bits per heavy atom. The average molecular weight is 418 g/mol. The van der Waals surface area contributed by atoms with E-state index in [2.05, 4.69) is 26.2 Å². The van der Waals surface area contributed by atoms with Crippen molar-refractivity contribution in [3.63, 3.8) is 0 Å². The summed E-state index contributed by atoms with van der Waals surface area (Å²) >= 11 is 9.42. The summed E-state index contributed by atoms with van der Waals surface area (Å²) < 4.78 is 39.0. The first-order valence-electron chi connectivity index (χ1n) is 6.74. The van der Waals surface area contributed by atoms with Gasteiger partial charge < -0.3 is 5.32 Å². The largest absolute Gasteiger partial charge is 0.416 e. The Kier molecular flexibility index (Phi) is 4.17. The van der Waals surface area contributed by atoms with Crippen molar-refractivity contribution >= 4 is 50.5 Å². The molecule has 2 aromatic rings. The highest BCUT2D eigenvalue weighted by Gasteiger charge is 2.32. The van der Waals surface area contributed by atoms with E-state index in [1.807, 2.05) is 0 Å². The highest BCUT2D eigenvalue weighted by Crippen LogP contribution is 2.38. The molecule has 124 valence electrons. The van der Waals surface area contributed by atoms with Crippen molar-refractivity contribution in [2.45, 2.75) is 13.1 Å². The number of fused-ring (bicyclic) bond motifs is 1. The molecular formula is C16H9BrClF3N2O. The number of hydrogen-bond acceptors (Lipinski definition) is 2. The number of halogens is 5. The second-order valence-electron chi connectivity index (χ2n) is 5.18. The lowest BCUT2D eigenvalue weighted by Gasteiger charge is -2.08. The van der Waals surface area contributed by atoms with Crippen LogP contribution in [0, 0.1) is 6.92 Å². The van der Waals surface area contributed by atoms with Crippen molar-refractivity contribution in [1.82, 2.24) is 0 Å². The third-order valence-electron chi connectivity index (χ3n) is 3.58. The van der Waals surface area contributed by atoms with Gasteiger partial charge >= 0.3 is 6.18 Å². The zero-order valence-electron chi connectivity index (χ0n) is 12.1. The number of alkyl halides is 3. The number of carbonyl (C=O) groups excluding carboxylic acids is 1. The minimum Gasteiger partial charge on any atom is -0.320 e. The molecule has 0 saturated carbocycles. The van der Waals surface area contributed by atoms with Crippen LogP contribution in [0.1, 0.15) is 16.7 Å². The van der Waals surface area contributed by atoms with Gasteiger partial charge in [-0.2, -0.15) is 13.2 Å². The van der Waals surface area contributed by atoms with Gasteiger partial charge in [0, 0.05) is 10.0 Å². The van der Waals surface area contributed by atoms with Gasteiger partial charge in [0.1, 0.15) is 5.71 Å². The maximum absolute atomic E-state index is 12.8. The maximum atomic E-state index is 12.8. The summed E-state index contributed by atoms with van der Waals surface area (Å²) in [4.78, 5) is 16.3. The van der Waals surface area contributed by atoms with Crippen LogP contribution in [0.15, 0.2) is 39.8 Å². The van der Waals surface area contributed by atoms with Crippen molar-refractivity contribution < 1.29 is 18.0 Å². The van der Waals surface area contributed by atoms with E-state index in [-0.39, 0.29) is 11.4 Å². The Bertz CT molecular complexity index is 894. The Morgan fingerprint density at radius 1 is 1.25 bits per heavy atom. The fraction of sp³-hybridized carbons (Fsp3) is 0.125. The second kappa shape index (κ2) is 5.89. The zero-order valence-corrected chi connectivity index (χ0v) is 14.5. The molecule has 0 unspecified atom stereocenters. The fourth-order valence-corrected chi connectivity index (χ4v) is 3.06. The van der Waals surface area contributed by atoms with E-state index in [1.54, 1.807) is 13.0 Å². The normalized spacial score (nSPS) is 15.6. The molecule has 0 atom stereocenters. The molecule has 1 aliphatic rings. The molecule has 8 heteroatoms. The van der Waals surface area contributed by atoms with E-state index < -0.39 is 17.6 Å². The Hall–Kier alpha value is -1.86. The lowest BCUT2D eigenvalue weighted by Crippen LogP contribution is -2.14. The highest BCUT2D eigenvalue weighted by molar-refractivity contribution is 9.10. The van der Waals surface area contributed by atoms with Crippen molar-refractivity contribution in [3.8, 4) is 0 Å². The molecule has 0 saturated heterocycles. The number of nitrogens with one attached hydrogen (secondary N) is 1. The van der Waals surface area contributed by atoms with Gasteiger partial charge in [0.2, 0.25) is 0 Å². The molecule has 1 N–H and O–H groups in total. The first-order valence-corrected chi connectivity index (χ1v) is 7.92. The van der Waals surface area contributed by atoms with Crippen LogP contribution < -0.4 is 5.32 Å². The van der Waals surface area contributed by atoms with Gasteiger partial charge in [-0.25, -0.2) is 4.99 Å². The lowest BCUT2D eigenvalue weighted by molar-refractivity contribution is -0.137. The van der Waals surface area contributed by atoms with E-state index in [4.69, 9.17) is 11.6 Å². The molecule has 2 aromatic carbocycles. The van der Waals surface area contributed by atoms with Crippen LogP contribution >= 0.6 is 27.5 Å². The monoisotopic (exact) mass is 416 g/mol. The van der Waals surface area contributed by atoms with Crippen LogP contribution in [-0.2, 0) is 11.0 Å². The number of carbonyl (C=O) groups is 1. The molecule has 1 amide bonds. The van der Waals surface area contributed by atoms with Gasteiger partial charge in [-0.1, -0.05) is 17.7 Å². The minimum absolute atomic E-state index is 0.0461. The zero-order chi connectivity index (χ0) is 17.6. The van der Waals surface area contributed by atoms with Crippen molar-refractivity contribution in [1.29, 1.82) is 0 Å². The molecule has 0 aromatic heterocycles. The number of amides is 1. The van der Waals surface area contributed by atoms with Gasteiger partial charge in [0.05, 0.1) is 22.0 Å². The molecule has 0 aliphatic carbocycles. The molecule has 1 heterocycles. The quantitative estimate of drug-likeness (QED) is 0.654. The number of rotatable bonds is 1. The van der Waals surface area contributed by atoms with E-state index in [0.29, 0.717) is 26.3 Å². The molecule has 0 fully saturated rings. The van der Waals surface area contributed by atoms with Gasteiger partial charge in [-0.15, -0.1) is 0 Å². The predicted molar refractivity (Wildman–Crippen MR) is 90.2 cm³/mol. The summed E-state index contributed by atoms with van der Waals surface area (Å²) in [5.74, 6) is -0.486. The van der Waals surface area contributed by atoms with E-state index in [9.17, 15) is 18.0 Å². The summed E-state index contributed by atoms with van der Waals surface area (Å²) in [5, 5.41) is 3.10. The molecule has 1 aliphatic heterocycles. The Morgan fingerprint density at radius 3 is 2.62 bits per heavy atom. The topological polar surface area (TPSA) is 41.5 Å². The van der Waals surface area contributed by atoms with Crippen LogP contribution in [0.4, 0.5) is 24.5 Å². The molecule has 0 bridgehead atoms.